The van der Waals surface area contributed by atoms with E-state index in [0.29, 0.717) is 25.1 Å². The number of carboxylic acids is 1. The van der Waals surface area contributed by atoms with Crippen LogP contribution in [0.2, 0.25) is 0 Å². The van der Waals surface area contributed by atoms with Crippen LogP contribution in [0.25, 0.3) is 0 Å². The number of Topliss-reactive ketones (excluding diaryl/α,β-unsaturated/α-hetero) is 1. The van der Waals surface area contributed by atoms with Gasteiger partial charge in [0, 0.05) is 26.0 Å². The predicted octanol–water partition coefficient (Wildman–Crippen LogP) is 4.21. The molecule has 33 heavy (non-hydrogen) atoms. The number of ketones is 1. The van der Waals surface area contributed by atoms with E-state index in [9.17, 15) is 19.5 Å². The van der Waals surface area contributed by atoms with Gasteiger partial charge in [-0.15, -0.1) is 0 Å². The normalized spacial score (nSPS) is 21.6. The first kappa shape index (κ1) is 24.5. The number of rotatable bonds is 12. The lowest BCUT2D eigenvalue weighted by Gasteiger charge is -2.53. The number of aliphatic carboxylic acids is 1. The summed E-state index contributed by atoms with van der Waals surface area (Å²) in [5.74, 6) is -0.894. The Kier molecular flexibility index (Phi) is 8.22. The highest BCUT2D eigenvalue weighted by Gasteiger charge is 2.60. The van der Waals surface area contributed by atoms with E-state index >= 15 is 0 Å². The standard InChI is InChI=1S/C26H31NO6/c1-3-13-26(15-21(23(28)17-32-2)22(26)14-24(29)30)25(31)27-16-18-9-11-20(12-10-18)33-19-7-5-4-6-8-19/h4-12,21-22H,3,13-17H2,1-2H3,(H,27,31)(H,29,30). The lowest BCUT2D eigenvalue weighted by Crippen LogP contribution is -2.59. The van der Waals surface area contributed by atoms with Crippen LogP contribution < -0.4 is 10.1 Å². The molecule has 1 aliphatic carbocycles. The zero-order chi connectivity index (χ0) is 23.8. The third kappa shape index (κ3) is 5.79. The Morgan fingerprint density at radius 2 is 1.73 bits per heavy atom. The average molecular weight is 454 g/mol. The number of nitrogens with one attached hydrogen (secondary N) is 1. The van der Waals surface area contributed by atoms with Gasteiger partial charge in [-0.2, -0.15) is 0 Å². The van der Waals surface area contributed by atoms with E-state index in [2.05, 4.69) is 5.32 Å². The molecule has 0 spiro atoms. The molecule has 3 rings (SSSR count). The van der Waals surface area contributed by atoms with Crippen LogP contribution in [0, 0.1) is 17.3 Å². The second-order valence-electron chi connectivity index (χ2n) is 8.56. The van der Waals surface area contributed by atoms with Crippen molar-refractivity contribution in [2.45, 2.75) is 39.2 Å². The maximum Gasteiger partial charge on any atom is 0.303 e. The van der Waals surface area contributed by atoms with Crippen molar-refractivity contribution in [1.82, 2.24) is 5.32 Å². The number of carbonyl (C=O) groups excluding carboxylic acids is 2. The van der Waals surface area contributed by atoms with Crippen LogP contribution in [0.1, 0.15) is 38.2 Å². The molecular formula is C26H31NO6. The molecule has 1 fully saturated rings. The summed E-state index contributed by atoms with van der Waals surface area (Å²) in [6.45, 7) is 2.21. The number of hydrogen-bond acceptors (Lipinski definition) is 5. The molecule has 1 saturated carbocycles. The van der Waals surface area contributed by atoms with Crippen molar-refractivity contribution in [3.8, 4) is 11.5 Å². The topological polar surface area (TPSA) is 102 Å². The number of carboxylic acid groups (broad SMARTS) is 1. The third-order valence-electron chi connectivity index (χ3n) is 6.38. The van der Waals surface area contributed by atoms with Gasteiger partial charge >= 0.3 is 5.97 Å². The molecule has 0 heterocycles. The molecule has 0 saturated heterocycles. The summed E-state index contributed by atoms with van der Waals surface area (Å²) in [6.07, 6.45) is 1.41. The quantitative estimate of drug-likeness (QED) is 0.499. The zero-order valence-corrected chi connectivity index (χ0v) is 19.1. The average Bonchev–Trinajstić information content (AvgIpc) is 2.80. The monoisotopic (exact) mass is 453 g/mol. The van der Waals surface area contributed by atoms with Crippen molar-refractivity contribution in [2.75, 3.05) is 13.7 Å². The fraction of sp³-hybridized carbons (Fsp3) is 0.423. The number of carbonyl (C=O) groups is 3. The number of benzene rings is 2. The predicted molar refractivity (Wildman–Crippen MR) is 123 cm³/mol. The molecule has 176 valence electrons. The van der Waals surface area contributed by atoms with Crippen molar-refractivity contribution in [2.24, 2.45) is 17.3 Å². The van der Waals surface area contributed by atoms with E-state index in [0.717, 1.165) is 17.7 Å². The minimum Gasteiger partial charge on any atom is -0.481 e. The molecule has 1 amide bonds. The van der Waals surface area contributed by atoms with Crippen LogP contribution in [0.4, 0.5) is 0 Å². The summed E-state index contributed by atoms with van der Waals surface area (Å²) in [5, 5.41) is 12.4. The third-order valence-corrected chi connectivity index (χ3v) is 6.38. The highest BCUT2D eigenvalue weighted by molar-refractivity contribution is 5.91. The zero-order valence-electron chi connectivity index (χ0n) is 19.1. The van der Waals surface area contributed by atoms with E-state index in [-0.39, 0.29) is 24.7 Å². The van der Waals surface area contributed by atoms with Crippen molar-refractivity contribution >= 4 is 17.7 Å². The molecule has 2 N–H and O–H groups in total. The van der Waals surface area contributed by atoms with Gasteiger partial charge < -0.3 is 19.9 Å². The lowest BCUT2D eigenvalue weighted by molar-refractivity contribution is -0.164. The number of ether oxygens (including phenoxy) is 2. The van der Waals surface area contributed by atoms with E-state index in [1.165, 1.54) is 7.11 Å². The van der Waals surface area contributed by atoms with Crippen molar-refractivity contribution < 1.29 is 29.0 Å². The molecule has 0 bridgehead atoms. The summed E-state index contributed by atoms with van der Waals surface area (Å²) >= 11 is 0. The number of hydrogen-bond donors (Lipinski definition) is 2. The maximum atomic E-state index is 13.3. The number of para-hydroxylation sites is 1. The minimum absolute atomic E-state index is 0.0674. The van der Waals surface area contributed by atoms with E-state index < -0.39 is 23.2 Å². The Morgan fingerprint density at radius 1 is 1.06 bits per heavy atom. The summed E-state index contributed by atoms with van der Waals surface area (Å²) in [7, 11) is 1.44. The molecule has 3 unspecified atom stereocenters. The van der Waals surface area contributed by atoms with Crippen molar-refractivity contribution in [1.29, 1.82) is 0 Å². The van der Waals surface area contributed by atoms with Gasteiger partial charge in [0.15, 0.2) is 5.78 Å². The molecule has 0 aromatic heterocycles. The van der Waals surface area contributed by atoms with Crippen LogP contribution in [0.5, 0.6) is 11.5 Å². The Bertz CT molecular complexity index is 959. The van der Waals surface area contributed by atoms with E-state index in [4.69, 9.17) is 9.47 Å². The second-order valence-corrected chi connectivity index (χ2v) is 8.56. The molecule has 2 aromatic carbocycles. The molecule has 7 nitrogen and oxygen atoms in total. The Hall–Kier alpha value is -3.19. The van der Waals surface area contributed by atoms with Gasteiger partial charge in [-0.1, -0.05) is 43.7 Å². The summed E-state index contributed by atoms with van der Waals surface area (Å²) in [4.78, 5) is 37.2. The molecule has 0 aliphatic heterocycles. The number of methoxy groups -OCH3 is 1. The smallest absolute Gasteiger partial charge is 0.303 e. The first-order valence-electron chi connectivity index (χ1n) is 11.2. The molecule has 0 radical (unpaired) electrons. The van der Waals surface area contributed by atoms with Crippen LogP contribution in [0.3, 0.4) is 0 Å². The first-order chi connectivity index (χ1) is 15.9. The van der Waals surface area contributed by atoms with Gasteiger partial charge in [0.05, 0.1) is 5.41 Å². The van der Waals surface area contributed by atoms with Gasteiger partial charge in [-0.05, 0) is 48.6 Å². The van der Waals surface area contributed by atoms with Crippen molar-refractivity contribution in [3.05, 3.63) is 60.2 Å². The van der Waals surface area contributed by atoms with Crippen LogP contribution in [-0.4, -0.2) is 36.5 Å². The van der Waals surface area contributed by atoms with Gasteiger partial charge in [-0.25, -0.2) is 0 Å². The SMILES string of the molecule is CCCC1(C(=O)NCc2ccc(Oc3ccccc3)cc2)CC(C(=O)COC)C1CC(=O)O. The van der Waals surface area contributed by atoms with Crippen LogP contribution >= 0.6 is 0 Å². The highest BCUT2D eigenvalue weighted by Crippen LogP contribution is 2.56. The summed E-state index contributed by atoms with van der Waals surface area (Å²) in [5.41, 5.74) is 0.0499. The van der Waals surface area contributed by atoms with Gasteiger partial charge in [0.2, 0.25) is 5.91 Å². The summed E-state index contributed by atoms with van der Waals surface area (Å²) < 4.78 is 10.7. The molecular weight excluding hydrogens is 422 g/mol. The molecule has 1 aliphatic rings. The Balaban J connectivity index is 1.66. The number of amides is 1. The molecule has 7 heteroatoms. The first-order valence-corrected chi connectivity index (χ1v) is 11.2. The van der Waals surface area contributed by atoms with Gasteiger partial charge in [0.25, 0.3) is 0 Å². The molecule has 2 aromatic rings. The van der Waals surface area contributed by atoms with E-state index in [1.807, 2.05) is 61.5 Å². The second kappa shape index (κ2) is 11.1. The summed E-state index contributed by atoms with van der Waals surface area (Å²) in [6, 6.07) is 16.9. The van der Waals surface area contributed by atoms with Crippen LogP contribution in [0.15, 0.2) is 54.6 Å². The van der Waals surface area contributed by atoms with Gasteiger partial charge in [0.1, 0.15) is 18.1 Å². The Morgan fingerprint density at radius 3 is 2.33 bits per heavy atom. The fourth-order valence-electron chi connectivity index (χ4n) is 4.79. The van der Waals surface area contributed by atoms with Gasteiger partial charge in [-0.3, -0.25) is 14.4 Å². The Labute approximate surface area is 194 Å². The lowest BCUT2D eigenvalue weighted by atomic mass is 9.49. The fourth-order valence-corrected chi connectivity index (χ4v) is 4.79. The van der Waals surface area contributed by atoms with Crippen LogP contribution in [-0.2, 0) is 25.7 Å². The molecule has 3 atom stereocenters. The maximum absolute atomic E-state index is 13.3. The van der Waals surface area contributed by atoms with Crippen molar-refractivity contribution in [3.63, 3.8) is 0 Å². The largest absolute Gasteiger partial charge is 0.481 e. The van der Waals surface area contributed by atoms with E-state index in [1.54, 1.807) is 0 Å². The highest BCUT2D eigenvalue weighted by atomic mass is 16.5. The minimum atomic E-state index is -1.00.